The predicted molar refractivity (Wildman–Crippen MR) is 112 cm³/mol. The second-order valence-electron chi connectivity index (χ2n) is 5.81. The fraction of sp³-hybridized carbons (Fsp3) is 0.750. The Hall–Kier alpha value is -0.450. The van der Waals surface area contributed by atoms with E-state index in [-0.39, 0.29) is 24.0 Å². The van der Waals surface area contributed by atoms with E-state index in [9.17, 15) is 0 Å². The first-order valence-electron chi connectivity index (χ1n) is 8.38. The van der Waals surface area contributed by atoms with Crippen molar-refractivity contribution in [2.24, 2.45) is 4.99 Å². The molecule has 0 saturated carbocycles. The van der Waals surface area contributed by atoms with Crippen molar-refractivity contribution in [3.8, 4) is 0 Å². The highest BCUT2D eigenvalue weighted by atomic mass is 127. The number of rotatable bonds is 7. The number of likely N-dealkylation sites (tertiary alicyclic amines) is 1. The van der Waals surface area contributed by atoms with Crippen molar-refractivity contribution in [3.63, 3.8) is 0 Å². The van der Waals surface area contributed by atoms with Gasteiger partial charge in [-0.1, -0.05) is 0 Å². The molecule has 1 aliphatic heterocycles. The molecule has 2 N–H and O–H groups in total. The number of hydrogen-bond donors (Lipinski definition) is 2. The fourth-order valence-electron chi connectivity index (χ4n) is 2.66. The number of hydrogen-bond acceptors (Lipinski definition) is 5. The zero-order valence-corrected chi connectivity index (χ0v) is 18.0. The Morgan fingerprint density at radius 1 is 1.46 bits per heavy atom. The van der Waals surface area contributed by atoms with Crippen LogP contribution < -0.4 is 10.6 Å². The van der Waals surface area contributed by atoms with E-state index in [0.717, 1.165) is 56.6 Å². The number of aryl methyl sites for hydroxylation is 1. The van der Waals surface area contributed by atoms with Gasteiger partial charge in [-0.05, 0) is 26.7 Å². The summed E-state index contributed by atoms with van der Waals surface area (Å²) >= 11 is 1.71. The summed E-state index contributed by atoms with van der Waals surface area (Å²) in [6.45, 7) is 9.76. The maximum absolute atomic E-state index is 5.15. The SMILES string of the molecule is CCNC(=NCc1ncc(C)s1)NC1CCN(CCOC)CC1.I. The first-order valence-corrected chi connectivity index (χ1v) is 9.20. The minimum absolute atomic E-state index is 0. The molecule has 1 saturated heterocycles. The lowest BCUT2D eigenvalue weighted by atomic mass is 10.1. The number of nitrogens with one attached hydrogen (secondary N) is 2. The smallest absolute Gasteiger partial charge is 0.191 e. The number of piperidine rings is 1. The Labute approximate surface area is 166 Å². The Bertz CT molecular complexity index is 489. The summed E-state index contributed by atoms with van der Waals surface area (Å²) in [5.41, 5.74) is 0. The lowest BCUT2D eigenvalue weighted by Crippen LogP contribution is -2.49. The van der Waals surface area contributed by atoms with Gasteiger partial charge in [0.25, 0.3) is 0 Å². The van der Waals surface area contributed by atoms with Gasteiger partial charge in [0.15, 0.2) is 5.96 Å². The van der Waals surface area contributed by atoms with Crippen LogP contribution in [0.3, 0.4) is 0 Å². The molecule has 0 amide bonds. The molecule has 2 rings (SSSR count). The second-order valence-corrected chi connectivity index (χ2v) is 7.13. The average molecular weight is 467 g/mol. The number of halogens is 1. The summed E-state index contributed by atoms with van der Waals surface area (Å²) in [4.78, 5) is 12.7. The number of aromatic nitrogens is 1. The van der Waals surface area contributed by atoms with Gasteiger partial charge in [-0.25, -0.2) is 9.98 Å². The number of methoxy groups -OCH3 is 1. The molecule has 0 spiro atoms. The Kier molecular flexibility index (Phi) is 10.8. The van der Waals surface area contributed by atoms with Crippen molar-refractivity contribution in [2.45, 2.75) is 39.3 Å². The predicted octanol–water partition coefficient (Wildman–Crippen LogP) is 2.24. The molecular formula is C16H30IN5OS. The standard InChI is InChI=1S/C16H29N5OS.HI/c1-4-17-16(19-12-15-18-11-13(2)23-15)20-14-5-7-21(8-6-14)9-10-22-3;/h11,14H,4-10,12H2,1-3H3,(H2,17,19,20);1H. The van der Waals surface area contributed by atoms with Gasteiger partial charge in [0.2, 0.25) is 0 Å². The van der Waals surface area contributed by atoms with Crippen LogP contribution in [0.1, 0.15) is 29.7 Å². The molecule has 24 heavy (non-hydrogen) atoms. The maximum atomic E-state index is 5.15. The average Bonchev–Trinajstić information content (AvgIpc) is 2.98. The van der Waals surface area contributed by atoms with Gasteiger partial charge >= 0.3 is 0 Å². The summed E-state index contributed by atoms with van der Waals surface area (Å²) in [6, 6.07) is 0.490. The Morgan fingerprint density at radius 2 is 2.21 bits per heavy atom. The highest BCUT2D eigenvalue weighted by molar-refractivity contribution is 14.0. The van der Waals surface area contributed by atoms with Crippen LogP contribution >= 0.6 is 35.3 Å². The molecule has 1 aromatic heterocycles. The molecule has 2 heterocycles. The molecule has 138 valence electrons. The minimum atomic E-state index is 0. The van der Waals surface area contributed by atoms with E-state index in [1.807, 2.05) is 6.20 Å². The first-order chi connectivity index (χ1) is 11.2. The largest absolute Gasteiger partial charge is 0.383 e. The summed E-state index contributed by atoms with van der Waals surface area (Å²) in [5.74, 6) is 0.899. The molecule has 1 fully saturated rings. The van der Waals surface area contributed by atoms with E-state index in [2.05, 4.69) is 39.4 Å². The van der Waals surface area contributed by atoms with Crippen molar-refractivity contribution < 1.29 is 4.74 Å². The lowest BCUT2D eigenvalue weighted by Gasteiger charge is -2.32. The number of thiazole rings is 1. The molecule has 8 heteroatoms. The van der Waals surface area contributed by atoms with Crippen LogP contribution in [0.5, 0.6) is 0 Å². The monoisotopic (exact) mass is 467 g/mol. The third-order valence-electron chi connectivity index (χ3n) is 3.93. The zero-order chi connectivity index (χ0) is 16.5. The Balaban J connectivity index is 0.00000288. The molecule has 0 radical (unpaired) electrons. The van der Waals surface area contributed by atoms with Crippen LogP contribution in [0.25, 0.3) is 0 Å². The van der Waals surface area contributed by atoms with Crippen molar-refractivity contribution in [1.29, 1.82) is 0 Å². The molecule has 0 aliphatic carbocycles. The van der Waals surface area contributed by atoms with E-state index in [1.54, 1.807) is 18.4 Å². The number of guanidine groups is 1. The van der Waals surface area contributed by atoms with E-state index >= 15 is 0 Å². The van der Waals surface area contributed by atoms with Crippen LogP contribution in [0.4, 0.5) is 0 Å². The van der Waals surface area contributed by atoms with E-state index < -0.39 is 0 Å². The summed E-state index contributed by atoms with van der Waals surface area (Å²) < 4.78 is 5.15. The van der Waals surface area contributed by atoms with Gasteiger partial charge in [-0.3, -0.25) is 0 Å². The summed E-state index contributed by atoms with van der Waals surface area (Å²) in [5, 5.41) is 7.97. The molecule has 1 aliphatic rings. The number of nitrogens with zero attached hydrogens (tertiary/aromatic N) is 3. The van der Waals surface area contributed by atoms with E-state index in [0.29, 0.717) is 12.6 Å². The van der Waals surface area contributed by atoms with Crippen molar-refractivity contribution >= 4 is 41.3 Å². The summed E-state index contributed by atoms with van der Waals surface area (Å²) in [7, 11) is 1.76. The van der Waals surface area contributed by atoms with Crippen LogP contribution in [0.2, 0.25) is 0 Å². The highest BCUT2D eigenvalue weighted by Gasteiger charge is 2.19. The van der Waals surface area contributed by atoms with Gasteiger partial charge < -0.3 is 20.3 Å². The number of ether oxygens (including phenoxy) is 1. The molecule has 0 bridgehead atoms. The normalized spacial score (nSPS) is 16.7. The molecule has 0 atom stereocenters. The maximum Gasteiger partial charge on any atom is 0.191 e. The van der Waals surface area contributed by atoms with Gasteiger partial charge in [0, 0.05) is 50.4 Å². The zero-order valence-electron chi connectivity index (χ0n) is 14.9. The minimum Gasteiger partial charge on any atom is -0.383 e. The van der Waals surface area contributed by atoms with Crippen molar-refractivity contribution in [2.75, 3.05) is 39.9 Å². The van der Waals surface area contributed by atoms with Gasteiger partial charge in [-0.15, -0.1) is 35.3 Å². The second kappa shape index (κ2) is 12.0. The van der Waals surface area contributed by atoms with Gasteiger partial charge in [0.1, 0.15) is 5.01 Å². The van der Waals surface area contributed by atoms with E-state index in [1.165, 1.54) is 4.88 Å². The molecular weight excluding hydrogens is 437 g/mol. The topological polar surface area (TPSA) is 61.8 Å². The number of aliphatic imine (C=N–C) groups is 1. The van der Waals surface area contributed by atoms with Crippen LogP contribution in [0.15, 0.2) is 11.2 Å². The van der Waals surface area contributed by atoms with Crippen molar-refractivity contribution in [3.05, 3.63) is 16.1 Å². The van der Waals surface area contributed by atoms with Gasteiger partial charge in [-0.2, -0.15) is 0 Å². The van der Waals surface area contributed by atoms with Crippen LogP contribution in [-0.2, 0) is 11.3 Å². The molecule has 1 aromatic rings. The fourth-order valence-corrected chi connectivity index (χ4v) is 3.37. The summed E-state index contributed by atoms with van der Waals surface area (Å²) in [6.07, 6.45) is 4.20. The molecule has 0 aromatic carbocycles. The van der Waals surface area contributed by atoms with Crippen molar-refractivity contribution in [1.82, 2.24) is 20.5 Å². The quantitative estimate of drug-likeness (QED) is 0.366. The third kappa shape index (κ3) is 7.62. The highest BCUT2D eigenvalue weighted by Crippen LogP contribution is 2.12. The molecule has 0 unspecified atom stereocenters. The van der Waals surface area contributed by atoms with Gasteiger partial charge in [0.05, 0.1) is 13.2 Å². The first kappa shape index (κ1) is 21.6. The van der Waals surface area contributed by atoms with E-state index in [4.69, 9.17) is 4.74 Å². The van der Waals surface area contributed by atoms with Crippen LogP contribution in [-0.4, -0.2) is 61.8 Å². The third-order valence-corrected chi connectivity index (χ3v) is 4.82. The van der Waals surface area contributed by atoms with Crippen LogP contribution in [0, 0.1) is 6.92 Å². The molecule has 6 nitrogen and oxygen atoms in total. The lowest BCUT2D eigenvalue weighted by molar-refractivity contribution is 0.128. The Morgan fingerprint density at radius 3 is 2.79 bits per heavy atom.